The third-order valence-electron chi connectivity index (χ3n) is 7.14. The lowest BCUT2D eigenvalue weighted by Crippen LogP contribution is -2.19. The summed E-state index contributed by atoms with van der Waals surface area (Å²) in [7, 11) is 3.47. The first-order valence-corrected chi connectivity index (χ1v) is 15.4. The van der Waals surface area contributed by atoms with Gasteiger partial charge in [-0.05, 0) is 89.9 Å². The Bertz CT molecular complexity index is 772. The molecule has 7 heteroatoms. The highest BCUT2D eigenvalue weighted by Gasteiger charge is 2.01. The lowest BCUT2D eigenvalue weighted by molar-refractivity contribution is 0.407. The van der Waals surface area contributed by atoms with Crippen LogP contribution in [0.25, 0.3) is 0 Å². The van der Waals surface area contributed by atoms with Gasteiger partial charge in [-0.3, -0.25) is 0 Å². The van der Waals surface area contributed by atoms with E-state index >= 15 is 0 Å². The number of hydrogen-bond donors (Lipinski definition) is 4. The number of unbranched alkanes of at least 4 members (excludes halogenated alkanes) is 8. The van der Waals surface area contributed by atoms with E-state index in [9.17, 15) is 0 Å². The van der Waals surface area contributed by atoms with E-state index in [1.807, 2.05) is 24.3 Å². The quantitative estimate of drug-likeness (QED) is 0.0962. The van der Waals surface area contributed by atoms with Crippen LogP contribution in [0.5, 0.6) is 11.5 Å². The lowest BCUT2D eigenvalue weighted by Gasteiger charge is -2.09. The Balaban J connectivity index is 0.00000800. The molecule has 0 unspecified atom stereocenters. The summed E-state index contributed by atoms with van der Waals surface area (Å²) in [4.78, 5) is 0. The van der Waals surface area contributed by atoms with Crippen molar-refractivity contribution in [3.05, 3.63) is 59.7 Å². The molecule has 6 nitrogen and oxygen atoms in total. The topological polar surface area (TPSA) is 66.6 Å². The number of halogens is 1. The van der Waals surface area contributed by atoms with Gasteiger partial charge in [-0.15, -0.1) is 12.4 Å². The molecule has 0 saturated heterocycles. The Labute approximate surface area is 251 Å². The first kappa shape index (κ1) is 36.2. The standard InChI is InChI=1S/C33H56N4O2.ClH/c1-38-32-20-10-8-18-30(32)28-36-26-14-5-3-12-22-34-24-16-7-17-25-35-23-13-4-6-15-27-37-29-31-19-9-11-21-33(31)39-2;/h8-11,18-21,34-37H,3-7,12-17,22-29H2,1-2H3;1H. The van der Waals surface area contributed by atoms with E-state index in [0.29, 0.717) is 0 Å². The van der Waals surface area contributed by atoms with Crippen LogP contribution in [0, 0.1) is 0 Å². The Hall–Kier alpha value is -1.83. The van der Waals surface area contributed by atoms with Gasteiger partial charge >= 0.3 is 0 Å². The van der Waals surface area contributed by atoms with Crippen molar-refractivity contribution in [3.8, 4) is 11.5 Å². The van der Waals surface area contributed by atoms with Crippen LogP contribution in [-0.2, 0) is 13.1 Å². The summed E-state index contributed by atoms with van der Waals surface area (Å²) in [6, 6.07) is 16.5. The number of ether oxygens (including phenoxy) is 2. The third kappa shape index (κ3) is 17.8. The predicted octanol–water partition coefficient (Wildman–Crippen LogP) is 6.48. The minimum Gasteiger partial charge on any atom is -0.496 e. The van der Waals surface area contributed by atoms with Gasteiger partial charge in [0.2, 0.25) is 0 Å². The van der Waals surface area contributed by atoms with Crippen LogP contribution in [-0.4, -0.2) is 53.5 Å². The molecular weight excluding hydrogens is 520 g/mol. The normalized spacial score (nSPS) is 10.8. The summed E-state index contributed by atoms with van der Waals surface area (Å²) in [6.45, 7) is 8.53. The van der Waals surface area contributed by atoms with Gasteiger partial charge in [-0.25, -0.2) is 0 Å². The molecule has 0 amide bonds. The van der Waals surface area contributed by atoms with Gasteiger partial charge < -0.3 is 30.7 Å². The molecule has 0 aliphatic rings. The van der Waals surface area contributed by atoms with Crippen LogP contribution in [0.4, 0.5) is 0 Å². The zero-order valence-electron chi connectivity index (χ0n) is 25.3. The molecule has 0 spiro atoms. The van der Waals surface area contributed by atoms with Crippen LogP contribution >= 0.6 is 12.4 Å². The lowest BCUT2D eigenvalue weighted by atomic mass is 10.1. The number of nitrogens with one attached hydrogen (secondary N) is 4. The van der Waals surface area contributed by atoms with Crippen LogP contribution in [0.15, 0.2) is 48.5 Å². The highest BCUT2D eigenvalue weighted by atomic mass is 35.5. The van der Waals surface area contributed by atoms with E-state index < -0.39 is 0 Å². The van der Waals surface area contributed by atoms with Gasteiger partial charge in [0, 0.05) is 24.2 Å². The van der Waals surface area contributed by atoms with Gasteiger partial charge in [-0.2, -0.15) is 0 Å². The maximum atomic E-state index is 5.41. The van der Waals surface area contributed by atoms with Gasteiger partial charge in [-0.1, -0.05) is 68.5 Å². The largest absolute Gasteiger partial charge is 0.496 e. The van der Waals surface area contributed by atoms with Gasteiger partial charge in [0.05, 0.1) is 14.2 Å². The fourth-order valence-corrected chi connectivity index (χ4v) is 4.78. The molecule has 0 radical (unpaired) electrons. The molecule has 40 heavy (non-hydrogen) atoms. The number of rotatable bonds is 26. The van der Waals surface area contributed by atoms with Crippen molar-refractivity contribution in [1.29, 1.82) is 0 Å². The minimum absolute atomic E-state index is 0. The van der Waals surface area contributed by atoms with E-state index in [1.165, 1.54) is 81.8 Å². The molecular formula is C33H57ClN4O2. The molecule has 0 saturated carbocycles. The molecule has 0 aliphatic carbocycles. The average Bonchev–Trinajstić information content (AvgIpc) is 2.97. The van der Waals surface area contributed by atoms with Crippen molar-refractivity contribution in [2.24, 2.45) is 0 Å². The van der Waals surface area contributed by atoms with Crippen molar-refractivity contribution in [1.82, 2.24) is 21.3 Å². The maximum Gasteiger partial charge on any atom is 0.123 e. The molecule has 4 N–H and O–H groups in total. The first-order chi connectivity index (χ1) is 19.3. The molecule has 0 heterocycles. The van der Waals surface area contributed by atoms with E-state index in [-0.39, 0.29) is 12.4 Å². The number of para-hydroxylation sites is 2. The number of benzene rings is 2. The van der Waals surface area contributed by atoms with Crippen molar-refractivity contribution in [2.75, 3.05) is 53.5 Å². The second kappa shape index (κ2) is 26.1. The maximum absolute atomic E-state index is 5.41. The molecule has 0 aliphatic heterocycles. The molecule has 0 atom stereocenters. The second-order valence-corrected chi connectivity index (χ2v) is 10.4. The highest BCUT2D eigenvalue weighted by molar-refractivity contribution is 5.85. The fraction of sp³-hybridized carbons (Fsp3) is 0.636. The Morgan fingerprint density at radius 1 is 0.425 bits per heavy atom. The van der Waals surface area contributed by atoms with Crippen molar-refractivity contribution < 1.29 is 9.47 Å². The highest BCUT2D eigenvalue weighted by Crippen LogP contribution is 2.17. The molecule has 0 aromatic heterocycles. The zero-order valence-corrected chi connectivity index (χ0v) is 26.1. The van der Waals surface area contributed by atoms with E-state index in [4.69, 9.17) is 9.47 Å². The summed E-state index contributed by atoms with van der Waals surface area (Å²) < 4.78 is 10.8. The van der Waals surface area contributed by atoms with Crippen LogP contribution in [0.2, 0.25) is 0 Å². The van der Waals surface area contributed by atoms with Crippen molar-refractivity contribution in [2.45, 2.75) is 83.7 Å². The Kier molecular flexibility index (Phi) is 23.6. The number of hydrogen-bond acceptors (Lipinski definition) is 6. The predicted molar refractivity (Wildman–Crippen MR) is 173 cm³/mol. The van der Waals surface area contributed by atoms with Gasteiger partial charge in [0.15, 0.2) is 0 Å². The van der Waals surface area contributed by atoms with Crippen LogP contribution < -0.4 is 30.7 Å². The summed E-state index contributed by atoms with van der Waals surface area (Å²) in [5.74, 6) is 1.94. The summed E-state index contributed by atoms with van der Waals surface area (Å²) in [5, 5.41) is 14.3. The monoisotopic (exact) mass is 576 g/mol. The summed E-state index contributed by atoms with van der Waals surface area (Å²) >= 11 is 0. The number of methoxy groups -OCH3 is 2. The first-order valence-electron chi connectivity index (χ1n) is 15.4. The van der Waals surface area contributed by atoms with Crippen LogP contribution in [0.3, 0.4) is 0 Å². The molecule has 2 aromatic rings. The van der Waals surface area contributed by atoms with E-state index in [2.05, 4.69) is 45.5 Å². The summed E-state index contributed by atoms with van der Waals surface area (Å²) in [5.41, 5.74) is 2.47. The third-order valence-corrected chi connectivity index (χ3v) is 7.14. The Morgan fingerprint density at radius 2 is 0.725 bits per heavy atom. The molecule has 0 fully saturated rings. The van der Waals surface area contributed by atoms with E-state index in [1.54, 1.807) is 14.2 Å². The smallest absolute Gasteiger partial charge is 0.123 e. The van der Waals surface area contributed by atoms with Gasteiger partial charge in [0.25, 0.3) is 0 Å². The molecule has 228 valence electrons. The fourth-order valence-electron chi connectivity index (χ4n) is 4.78. The Morgan fingerprint density at radius 3 is 1.07 bits per heavy atom. The molecule has 0 bridgehead atoms. The average molecular weight is 577 g/mol. The molecule has 2 aromatic carbocycles. The van der Waals surface area contributed by atoms with Gasteiger partial charge in [0.1, 0.15) is 11.5 Å². The van der Waals surface area contributed by atoms with Crippen molar-refractivity contribution in [3.63, 3.8) is 0 Å². The zero-order chi connectivity index (χ0) is 27.6. The SMILES string of the molecule is COc1ccccc1CNCCCCCCNCCCCCNCCCCCCNCc1ccccc1OC.Cl. The minimum atomic E-state index is 0. The van der Waals surface area contributed by atoms with Crippen molar-refractivity contribution >= 4 is 12.4 Å². The van der Waals surface area contributed by atoms with E-state index in [0.717, 1.165) is 63.9 Å². The second-order valence-electron chi connectivity index (χ2n) is 10.4. The van der Waals surface area contributed by atoms with Crippen LogP contribution in [0.1, 0.15) is 81.8 Å². The summed E-state index contributed by atoms with van der Waals surface area (Å²) in [6.07, 6.45) is 14.2. The molecule has 2 rings (SSSR count).